The zero-order valence-electron chi connectivity index (χ0n) is 13.6. The van der Waals surface area contributed by atoms with Crippen LogP contribution in [0.15, 0.2) is 42.6 Å². The van der Waals surface area contributed by atoms with Gasteiger partial charge in [0.05, 0.1) is 5.75 Å². The van der Waals surface area contributed by atoms with Crippen LogP contribution in [0.1, 0.15) is 21.6 Å². The molecule has 2 heterocycles. The Morgan fingerprint density at radius 2 is 1.88 bits per heavy atom. The lowest BCUT2D eigenvalue weighted by molar-refractivity contribution is 0.0692. The maximum Gasteiger partial charge on any atom is 0.270 e. The van der Waals surface area contributed by atoms with Gasteiger partial charge in [-0.25, -0.2) is 8.42 Å². The third kappa shape index (κ3) is 3.68. The summed E-state index contributed by atoms with van der Waals surface area (Å²) in [4.78, 5) is 16.8. The van der Waals surface area contributed by atoms with Gasteiger partial charge in [0.25, 0.3) is 5.91 Å². The van der Waals surface area contributed by atoms with Gasteiger partial charge in [-0.05, 0) is 24.6 Å². The molecule has 0 atom stereocenters. The number of aryl methyl sites for hydroxylation is 1. The molecule has 3 rings (SSSR count). The number of sulfonamides is 1. The van der Waals surface area contributed by atoms with E-state index in [0.29, 0.717) is 31.9 Å². The van der Waals surface area contributed by atoms with E-state index >= 15 is 0 Å². The van der Waals surface area contributed by atoms with Crippen molar-refractivity contribution in [3.8, 4) is 0 Å². The number of carbonyl (C=O) groups excluding carboxylic acids is 1. The molecule has 1 N–H and O–H groups in total. The van der Waals surface area contributed by atoms with Crippen molar-refractivity contribution in [2.75, 3.05) is 26.2 Å². The Balaban J connectivity index is 1.62. The Hall–Kier alpha value is -2.12. The summed E-state index contributed by atoms with van der Waals surface area (Å²) in [5.74, 6) is -0.0880. The lowest BCUT2D eigenvalue weighted by Crippen LogP contribution is -2.50. The van der Waals surface area contributed by atoms with Crippen LogP contribution in [0.3, 0.4) is 0 Å². The van der Waals surface area contributed by atoms with Crippen molar-refractivity contribution < 1.29 is 13.2 Å². The second kappa shape index (κ2) is 6.78. The van der Waals surface area contributed by atoms with Crippen molar-refractivity contribution in [2.24, 2.45) is 0 Å². The number of carbonyl (C=O) groups is 1. The number of benzene rings is 1. The first-order valence-corrected chi connectivity index (χ1v) is 9.53. The quantitative estimate of drug-likeness (QED) is 0.913. The lowest BCUT2D eigenvalue weighted by Gasteiger charge is -2.33. The van der Waals surface area contributed by atoms with E-state index in [1.54, 1.807) is 23.2 Å². The molecule has 1 amide bonds. The predicted molar refractivity (Wildman–Crippen MR) is 92.1 cm³/mol. The van der Waals surface area contributed by atoms with Crippen molar-refractivity contribution in [1.82, 2.24) is 14.2 Å². The van der Waals surface area contributed by atoms with E-state index in [1.807, 2.05) is 31.2 Å². The van der Waals surface area contributed by atoms with Crippen LogP contribution in [-0.2, 0) is 15.8 Å². The van der Waals surface area contributed by atoms with E-state index in [2.05, 4.69) is 4.98 Å². The number of hydrogen-bond donors (Lipinski definition) is 1. The second-order valence-electron chi connectivity index (χ2n) is 6.02. The zero-order valence-corrected chi connectivity index (χ0v) is 14.4. The maximum absolute atomic E-state index is 12.6. The van der Waals surface area contributed by atoms with Gasteiger partial charge in [-0.2, -0.15) is 4.31 Å². The summed E-state index contributed by atoms with van der Waals surface area (Å²) in [7, 11) is -3.37. The van der Waals surface area contributed by atoms with Crippen LogP contribution in [0.25, 0.3) is 0 Å². The molecule has 0 bridgehead atoms. The van der Waals surface area contributed by atoms with E-state index in [4.69, 9.17) is 0 Å². The smallest absolute Gasteiger partial charge is 0.270 e. The number of nitrogens with zero attached hydrogens (tertiary/aromatic N) is 2. The maximum atomic E-state index is 12.6. The van der Waals surface area contributed by atoms with Gasteiger partial charge < -0.3 is 9.88 Å². The number of piperazine rings is 1. The van der Waals surface area contributed by atoms with Crippen molar-refractivity contribution in [3.05, 3.63) is 59.4 Å². The fourth-order valence-corrected chi connectivity index (χ4v) is 4.41. The van der Waals surface area contributed by atoms with E-state index in [-0.39, 0.29) is 11.7 Å². The van der Waals surface area contributed by atoms with Crippen molar-refractivity contribution in [3.63, 3.8) is 0 Å². The van der Waals surface area contributed by atoms with Crippen molar-refractivity contribution >= 4 is 15.9 Å². The minimum atomic E-state index is -3.37. The highest BCUT2D eigenvalue weighted by molar-refractivity contribution is 7.88. The summed E-state index contributed by atoms with van der Waals surface area (Å²) in [6.45, 7) is 3.43. The average molecular weight is 347 g/mol. The van der Waals surface area contributed by atoms with E-state index in [1.165, 1.54) is 4.31 Å². The van der Waals surface area contributed by atoms with Gasteiger partial charge >= 0.3 is 0 Å². The largest absolute Gasteiger partial charge is 0.357 e. The molecule has 24 heavy (non-hydrogen) atoms. The normalized spacial score (nSPS) is 16.3. The standard InChI is InChI=1S/C17H21N3O3S/c1-14-4-2-5-15(12-14)13-24(22,23)20-10-8-19(9-11-20)17(21)16-6-3-7-18-16/h2-7,12,18H,8-11,13H2,1H3. The van der Waals surface area contributed by atoms with Crippen molar-refractivity contribution in [2.45, 2.75) is 12.7 Å². The number of nitrogens with one attached hydrogen (secondary N) is 1. The molecular formula is C17H21N3O3S. The topological polar surface area (TPSA) is 73.5 Å². The number of aromatic amines is 1. The molecule has 0 radical (unpaired) electrons. The molecule has 6 nitrogen and oxygen atoms in total. The predicted octanol–water partition coefficient (Wildman–Crippen LogP) is 1.61. The molecule has 0 spiro atoms. The molecule has 1 aliphatic heterocycles. The summed E-state index contributed by atoms with van der Waals surface area (Å²) < 4.78 is 26.7. The van der Waals surface area contributed by atoms with E-state index in [0.717, 1.165) is 11.1 Å². The van der Waals surface area contributed by atoms with Gasteiger partial charge in [0.1, 0.15) is 5.69 Å². The third-order valence-electron chi connectivity index (χ3n) is 4.18. The Labute approximate surface area is 142 Å². The molecule has 0 saturated carbocycles. The highest BCUT2D eigenvalue weighted by Gasteiger charge is 2.29. The fourth-order valence-electron chi connectivity index (χ4n) is 2.91. The zero-order chi connectivity index (χ0) is 17.2. The van der Waals surface area contributed by atoms with E-state index in [9.17, 15) is 13.2 Å². The van der Waals surface area contributed by atoms with Crippen LogP contribution in [-0.4, -0.2) is 54.7 Å². The molecule has 1 saturated heterocycles. The van der Waals surface area contributed by atoms with Crippen LogP contribution in [0.4, 0.5) is 0 Å². The molecule has 128 valence electrons. The second-order valence-corrected chi connectivity index (χ2v) is 7.99. The fraction of sp³-hybridized carbons (Fsp3) is 0.353. The van der Waals surface area contributed by atoms with Crippen LogP contribution in [0.5, 0.6) is 0 Å². The Morgan fingerprint density at radius 3 is 2.50 bits per heavy atom. The van der Waals surface area contributed by atoms with Crippen LogP contribution >= 0.6 is 0 Å². The molecule has 7 heteroatoms. The Kier molecular flexibility index (Phi) is 4.73. The highest BCUT2D eigenvalue weighted by Crippen LogP contribution is 2.15. The first kappa shape index (κ1) is 16.7. The summed E-state index contributed by atoms with van der Waals surface area (Å²) in [6, 6.07) is 11.0. The Bertz CT molecular complexity index is 807. The van der Waals surface area contributed by atoms with Crippen LogP contribution < -0.4 is 0 Å². The summed E-state index contributed by atoms with van der Waals surface area (Å²) in [6.07, 6.45) is 1.70. The van der Waals surface area contributed by atoms with Gasteiger partial charge in [-0.15, -0.1) is 0 Å². The molecule has 0 unspecified atom stereocenters. The van der Waals surface area contributed by atoms with Gasteiger partial charge in [-0.1, -0.05) is 29.8 Å². The first-order valence-electron chi connectivity index (χ1n) is 7.92. The van der Waals surface area contributed by atoms with E-state index < -0.39 is 10.0 Å². The molecule has 2 aromatic rings. The third-order valence-corrected chi connectivity index (χ3v) is 6.03. The average Bonchev–Trinajstić information content (AvgIpc) is 3.08. The number of hydrogen-bond acceptors (Lipinski definition) is 3. The number of H-pyrrole nitrogens is 1. The van der Waals surface area contributed by atoms with Crippen LogP contribution in [0, 0.1) is 6.92 Å². The minimum Gasteiger partial charge on any atom is -0.357 e. The Morgan fingerprint density at radius 1 is 1.12 bits per heavy atom. The lowest BCUT2D eigenvalue weighted by atomic mass is 10.2. The number of aromatic nitrogens is 1. The first-order chi connectivity index (χ1) is 11.5. The molecule has 0 aliphatic carbocycles. The van der Waals surface area contributed by atoms with Crippen LogP contribution in [0.2, 0.25) is 0 Å². The number of rotatable bonds is 4. The molecular weight excluding hydrogens is 326 g/mol. The summed E-state index contributed by atoms with van der Waals surface area (Å²) in [5.41, 5.74) is 2.37. The highest BCUT2D eigenvalue weighted by atomic mass is 32.2. The summed E-state index contributed by atoms with van der Waals surface area (Å²) in [5, 5.41) is 0. The summed E-state index contributed by atoms with van der Waals surface area (Å²) >= 11 is 0. The van der Waals surface area contributed by atoms with Gasteiger partial charge in [0.2, 0.25) is 10.0 Å². The minimum absolute atomic E-state index is 0.000739. The van der Waals surface area contributed by atoms with Gasteiger partial charge in [0.15, 0.2) is 0 Å². The van der Waals surface area contributed by atoms with Crippen molar-refractivity contribution in [1.29, 1.82) is 0 Å². The molecule has 1 aromatic heterocycles. The van der Waals surface area contributed by atoms with Gasteiger partial charge in [0, 0.05) is 32.4 Å². The van der Waals surface area contributed by atoms with Gasteiger partial charge in [-0.3, -0.25) is 4.79 Å². The monoisotopic (exact) mass is 347 g/mol. The molecule has 1 aliphatic rings. The molecule has 1 aromatic carbocycles. The number of amides is 1. The SMILES string of the molecule is Cc1cccc(CS(=O)(=O)N2CCN(C(=O)c3ccc[nH]3)CC2)c1. The molecule has 1 fully saturated rings.